The molecule has 2 fully saturated rings. The number of hydrogen-bond acceptors (Lipinski definition) is 2. The highest BCUT2D eigenvalue weighted by molar-refractivity contribution is 14.0. The van der Waals surface area contributed by atoms with E-state index in [9.17, 15) is 0 Å². The van der Waals surface area contributed by atoms with Crippen molar-refractivity contribution in [3.8, 4) is 0 Å². The Morgan fingerprint density at radius 2 is 1.77 bits per heavy atom. The van der Waals surface area contributed by atoms with Gasteiger partial charge < -0.3 is 15.5 Å². The minimum Gasteiger partial charge on any atom is -0.370 e. The van der Waals surface area contributed by atoms with Gasteiger partial charge in [0.2, 0.25) is 0 Å². The molecule has 0 radical (unpaired) electrons. The van der Waals surface area contributed by atoms with E-state index in [1.54, 1.807) is 0 Å². The summed E-state index contributed by atoms with van der Waals surface area (Å²) in [5.41, 5.74) is 6.13. The van der Waals surface area contributed by atoms with Crippen LogP contribution in [0.1, 0.15) is 58.3 Å². The van der Waals surface area contributed by atoms with Crippen molar-refractivity contribution in [3.63, 3.8) is 0 Å². The SMILES string of the molecule is CC1CCCN(CCCCN=C(N)N2CCCCCC2)C1.I. The topological polar surface area (TPSA) is 44.9 Å². The molecule has 22 heavy (non-hydrogen) atoms. The van der Waals surface area contributed by atoms with Gasteiger partial charge in [-0.05, 0) is 57.5 Å². The molecule has 2 saturated heterocycles. The van der Waals surface area contributed by atoms with Gasteiger partial charge in [0, 0.05) is 26.2 Å². The Hall–Kier alpha value is -0.0400. The minimum atomic E-state index is 0. The van der Waals surface area contributed by atoms with Gasteiger partial charge in [-0.2, -0.15) is 0 Å². The van der Waals surface area contributed by atoms with E-state index in [1.807, 2.05) is 0 Å². The summed E-state index contributed by atoms with van der Waals surface area (Å²) in [6.45, 7) is 9.29. The van der Waals surface area contributed by atoms with Gasteiger partial charge in [0.25, 0.3) is 0 Å². The summed E-state index contributed by atoms with van der Waals surface area (Å²) in [6.07, 6.45) is 10.4. The molecule has 0 aromatic rings. The maximum absolute atomic E-state index is 6.13. The van der Waals surface area contributed by atoms with Crippen molar-refractivity contribution < 1.29 is 0 Å². The van der Waals surface area contributed by atoms with Crippen LogP contribution in [-0.4, -0.2) is 55.0 Å². The summed E-state index contributed by atoms with van der Waals surface area (Å²) in [6, 6.07) is 0. The largest absolute Gasteiger partial charge is 0.370 e. The number of rotatable bonds is 5. The first-order valence-corrected chi connectivity index (χ1v) is 9.03. The molecule has 2 rings (SSSR count). The summed E-state index contributed by atoms with van der Waals surface area (Å²) < 4.78 is 0. The second-order valence-electron chi connectivity index (χ2n) is 6.90. The van der Waals surface area contributed by atoms with E-state index in [2.05, 4.69) is 21.7 Å². The third-order valence-electron chi connectivity index (χ3n) is 4.83. The van der Waals surface area contributed by atoms with Crippen molar-refractivity contribution in [1.82, 2.24) is 9.80 Å². The van der Waals surface area contributed by atoms with Gasteiger partial charge in [-0.1, -0.05) is 19.8 Å². The van der Waals surface area contributed by atoms with Crippen LogP contribution < -0.4 is 5.73 Å². The highest BCUT2D eigenvalue weighted by Crippen LogP contribution is 2.15. The van der Waals surface area contributed by atoms with Crippen molar-refractivity contribution in [2.75, 3.05) is 39.3 Å². The second kappa shape index (κ2) is 11.5. The number of nitrogens with zero attached hydrogens (tertiary/aromatic N) is 3. The molecule has 0 aliphatic carbocycles. The van der Waals surface area contributed by atoms with Crippen molar-refractivity contribution in [2.24, 2.45) is 16.6 Å². The van der Waals surface area contributed by atoms with Crippen molar-refractivity contribution in [1.29, 1.82) is 0 Å². The maximum Gasteiger partial charge on any atom is 0.191 e. The quantitative estimate of drug-likeness (QED) is 0.320. The van der Waals surface area contributed by atoms with Crippen molar-refractivity contribution >= 4 is 29.9 Å². The zero-order valence-corrected chi connectivity index (χ0v) is 16.6. The fourth-order valence-electron chi connectivity index (χ4n) is 3.53. The number of aliphatic imine (C=N–C) groups is 1. The van der Waals surface area contributed by atoms with Gasteiger partial charge in [0.1, 0.15) is 0 Å². The molecule has 2 heterocycles. The molecule has 4 nitrogen and oxygen atoms in total. The smallest absolute Gasteiger partial charge is 0.191 e. The monoisotopic (exact) mass is 422 g/mol. The summed E-state index contributed by atoms with van der Waals surface area (Å²) in [5, 5.41) is 0. The van der Waals surface area contributed by atoms with Crippen LogP contribution in [0.5, 0.6) is 0 Å². The number of piperidine rings is 1. The average molecular weight is 422 g/mol. The number of hydrogen-bond donors (Lipinski definition) is 1. The fourth-order valence-corrected chi connectivity index (χ4v) is 3.53. The molecule has 5 heteroatoms. The van der Waals surface area contributed by atoms with Gasteiger partial charge >= 0.3 is 0 Å². The van der Waals surface area contributed by atoms with E-state index in [0.717, 1.165) is 31.5 Å². The molecule has 1 unspecified atom stereocenters. The molecule has 0 spiro atoms. The van der Waals surface area contributed by atoms with Crippen LogP contribution in [0.3, 0.4) is 0 Å². The van der Waals surface area contributed by atoms with E-state index in [0.29, 0.717) is 0 Å². The lowest BCUT2D eigenvalue weighted by molar-refractivity contribution is 0.181. The third-order valence-corrected chi connectivity index (χ3v) is 4.83. The van der Waals surface area contributed by atoms with Gasteiger partial charge in [0.15, 0.2) is 5.96 Å². The van der Waals surface area contributed by atoms with Crippen molar-refractivity contribution in [2.45, 2.75) is 58.3 Å². The van der Waals surface area contributed by atoms with Crippen LogP contribution in [-0.2, 0) is 0 Å². The molecule has 0 amide bonds. The number of nitrogens with two attached hydrogens (primary N) is 1. The highest BCUT2D eigenvalue weighted by Gasteiger charge is 2.15. The normalized spacial score (nSPS) is 24.7. The molecular formula is C17H35IN4. The number of guanidine groups is 1. The molecule has 0 aromatic heterocycles. The van der Waals surface area contributed by atoms with Crippen LogP contribution >= 0.6 is 24.0 Å². The Bertz CT molecular complexity index is 314. The van der Waals surface area contributed by atoms with E-state index < -0.39 is 0 Å². The summed E-state index contributed by atoms with van der Waals surface area (Å²) in [5.74, 6) is 1.67. The van der Waals surface area contributed by atoms with E-state index in [-0.39, 0.29) is 24.0 Å². The molecule has 1 atom stereocenters. The predicted molar refractivity (Wildman–Crippen MR) is 106 cm³/mol. The average Bonchev–Trinajstić information content (AvgIpc) is 2.76. The number of halogens is 1. The van der Waals surface area contributed by atoms with Gasteiger partial charge in [0.05, 0.1) is 0 Å². The minimum absolute atomic E-state index is 0. The summed E-state index contributed by atoms with van der Waals surface area (Å²) in [7, 11) is 0. The summed E-state index contributed by atoms with van der Waals surface area (Å²) >= 11 is 0. The highest BCUT2D eigenvalue weighted by atomic mass is 127. The number of likely N-dealkylation sites (tertiary alicyclic amines) is 2. The van der Waals surface area contributed by atoms with Crippen LogP contribution in [0, 0.1) is 5.92 Å². The first-order valence-electron chi connectivity index (χ1n) is 9.03. The molecule has 2 aliphatic heterocycles. The third kappa shape index (κ3) is 7.49. The molecule has 130 valence electrons. The van der Waals surface area contributed by atoms with Gasteiger partial charge in [-0.15, -0.1) is 24.0 Å². The van der Waals surface area contributed by atoms with Gasteiger partial charge in [-0.25, -0.2) is 0 Å². The van der Waals surface area contributed by atoms with E-state index >= 15 is 0 Å². The van der Waals surface area contributed by atoms with Gasteiger partial charge in [-0.3, -0.25) is 4.99 Å². The second-order valence-corrected chi connectivity index (χ2v) is 6.90. The first-order chi connectivity index (χ1) is 10.3. The van der Waals surface area contributed by atoms with Crippen LogP contribution in [0.2, 0.25) is 0 Å². The Kier molecular flexibility index (Phi) is 10.4. The summed E-state index contributed by atoms with van der Waals surface area (Å²) in [4.78, 5) is 9.49. The predicted octanol–water partition coefficient (Wildman–Crippen LogP) is 3.31. The molecular weight excluding hydrogens is 387 g/mol. The Balaban J connectivity index is 0.00000242. The Morgan fingerprint density at radius 1 is 1.05 bits per heavy atom. The standard InChI is InChI=1S/C17H34N4.HI/c1-16-9-8-12-20(15-16)11-7-4-10-19-17(18)21-13-5-2-3-6-14-21;/h16H,2-15H2,1H3,(H2,18,19);1H. The van der Waals surface area contributed by atoms with E-state index in [4.69, 9.17) is 5.73 Å². The van der Waals surface area contributed by atoms with Crippen LogP contribution in [0.25, 0.3) is 0 Å². The fraction of sp³-hybridized carbons (Fsp3) is 0.941. The maximum atomic E-state index is 6.13. The molecule has 0 saturated carbocycles. The first kappa shape index (κ1) is 20.0. The molecule has 2 aliphatic rings. The Morgan fingerprint density at radius 3 is 2.45 bits per heavy atom. The van der Waals surface area contributed by atoms with Crippen LogP contribution in [0.15, 0.2) is 4.99 Å². The molecule has 0 bridgehead atoms. The zero-order valence-electron chi connectivity index (χ0n) is 14.3. The molecule has 0 aromatic carbocycles. The zero-order chi connectivity index (χ0) is 14.9. The van der Waals surface area contributed by atoms with Crippen molar-refractivity contribution in [3.05, 3.63) is 0 Å². The Labute approximate surface area is 153 Å². The van der Waals surface area contributed by atoms with E-state index in [1.165, 1.54) is 71.0 Å². The lowest BCUT2D eigenvalue weighted by Crippen LogP contribution is -2.38. The molecule has 2 N–H and O–H groups in total. The van der Waals surface area contributed by atoms with Crippen LogP contribution in [0.4, 0.5) is 0 Å². The number of unbranched alkanes of at least 4 members (excludes halogenated alkanes) is 1. The lowest BCUT2D eigenvalue weighted by atomic mass is 10.0. The lowest BCUT2D eigenvalue weighted by Gasteiger charge is -2.30.